The van der Waals surface area contributed by atoms with E-state index in [1.54, 1.807) is 13.8 Å². The molecule has 4 rings (SSSR count). The molecular formula is C20H27N3O3S. The number of benzene rings is 1. The van der Waals surface area contributed by atoms with Gasteiger partial charge in [-0.15, -0.1) is 0 Å². The summed E-state index contributed by atoms with van der Waals surface area (Å²) >= 11 is 0. The molecule has 0 unspecified atom stereocenters. The van der Waals surface area contributed by atoms with E-state index >= 15 is 0 Å². The van der Waals surface area contributed by atoms with Gasteiger partial charge in [-0.25, -0.2) is 8.42 Å². The maximum Gasteiger partial charge on any atom is 0.195 e. The molecule has 1 N–H and O–H groups in total. The number of ether oxygens (including phenoxy) is 1. The van der Waals surface area contributed by atoms with Gasteiger partial charge in [0.1, 0.15) is 22.6 Å². The predicted molar refractivity (Wildman–Crippen MR) is 104 cm³/mol. The van der Waals surface area contributed by atoms with Crippen LogP contribution in [0.5, 0.6) is 5.75 Å². The Labute approximate surface area is 160 Å². The van der Waals surface area contributed by atoms with E-state index in [4.69, 9.17) is 4.74 Å². The molecule has 0 radical (unpaired) electrons. The molecule has 27 heavy (non-hydrogen) atoms. The first-order chi connectivity index (χ1) is 12.8. The van der Waals surface area contributed by atoms with E-state index in [1.807, 2.05) is 12.1 Å². The number of hydrogen-bond acceptors (Lipinski definition) is 5. The molecule has 2 fully saturated rings. The monoisotopic (exact) mass is 389 g/mol. The normalized spacial score (nSPS) is 25.7. The molecule has 1 aromatic carbocycles. The molecule has 1 aromatic heterocycles. The van der Waals surface area contributed by atoms with E-state index in [-0.39, 0.29) is 24.1 Å². The molecule has 0 aliphatic carbocycles. The maximum absolute atomic E-state index is 13.0. The molecule has 3 atom stereocenters. The molecule has 0 amide bonds. The first kappa shape index (κ1) is 18.5. The summed E-state index contributed by atoms with van der Waals surface area (Å²) < 4.78 is 32.2. The van der Waals surface area contributed by atoms with Crippen molar-refractivity contribution in [2.45, 2.75) is 69.5 Å². The van der Waals surface area contributed by atoms with E-state index in [2.05, 4.69) is 34.2 Å². The van der Waals surface area contributed by atoms with Crippen LogP contribution in [0.1, 0.15) is 42.6 Å². The van der Waals surface area contributed by atoms with Gasteiger partial charge in [-0.1, -0.05) is 17.7 Å². The highest BCUT2D eigenvalue weighted by Crippen LogP contribution is 2.38. The number of rotatable bonds is 5. The highest BCUT2D eigenvalue weighted by Gasteiger charge is 2.43. The smallest absolute Gasteiger partial charge is 0.195 e. The third-order valence-electron chi connectivity index (χ3n) is 5.86. The van der Waals surface area contributed by atoms with Crippen molar-refractivity contribution in [2.75, 3.05) is 5.88 Å². The Morgan fingerprint density at radius 1 is 1.11 bits per heavy atom. The van der Waals surface area contributed by atoms with Gasteiger partial charge in [-0.3, -0.25) is 10.00 Å². The van der Waals surface area contributed by atoms with Crippen molar-refractivity contribution in [3.63, 3.8) is 0 Å². The van der Waals surface area contributed by atoms with Gasteiger partial charge in [0.25, 0.3) is 0 Å². The minimum Gasteiger partial charge on any atom is -0.490 e. The Hall–Kier alpha value is -1.86. The van der Waals surface area contributed by atoms with E-state index in [1.165, 1.54) is 5.56 Å². The van der Waals surface area contributed by atoms with Crippen LogP contribution in [0.4, 0.5) is 0 Å². The van der Waals surface area contributed by atoms with Gasteiger partial charge >= 0.3 is 0 Å². The minimum absolute atomic E-state index is 0.0702. The van der Waals surface area contributed by atoms with Crippen LogP contribution in [0.3, 0.4) is 0 Å². The van der Waals surface area contributed by atoms with Crippen LogP contribution in [-0.2, 0) is 9.84 Å². The Kier molecular flexibility index (Phi) is 4.76. The van der Waals surface area contributed by atoms with E-state index in [0.29, 0.717) is 16.3 Å². The van der Waals surface area contributed by atoms with Crippen molar-refractivity contribution in [2.24, 2.45) is 0 Å². The second-order valence-corrected chi connectivity index (χ2v) is 9.83. The van der Waals surface area contributed by atoms with Crippen molar-refractivity contribution in [3.8, 4) is 5.75 Å². The summed E-state index contributed by atoms with van der Waals surface area (Å²) in [6.45, 7) is 5.57. The lowest BCUT2D eigenvalue weighted by molar-refractivity contribution is 0.0609. The van der Waals surface area contributed by atoms with Gasteiger partial charge in [0.2, 0.25) is 0 Å². The second kappa shape index (κ2) is 6.95. The fourth-order valence-electron chi connectivity index (χ4n) is 4.60. The van der Waals surface area contributed by atoms with Crippen LogP contribution in [0.25, 0.3) is 0 Å². The summed E-state index contributed by atoms with van der Waals surface area (Å²) in [5, 5.41) is 6.84. The largest absolute Gasteiger partial charge is 0.490 e. The molecule has 2 aromatic rings. The van der Waals surface area contributed by atoms with Crippen molar-refractivity contribution < 1.29 is 13.2 Å². The highest BCUT2D eigenvalue weighted by molar-refractivity contribution is 7.91. The summed E-state index contributed by atoms with van der Waals surface area (Å²) in [4.78, 5) is 2.54. The molecule has 146 valence electrons. The van der Waals surface area contributed by atoms with Crippen molar-refractivity contribution >= 4 is 9.84 Å². The molecule has 6 nitrogen and oxygen atoms in total. The average Bonchev–Trinajstić information content (AvgIpc) is 3.05. The lowest BCUT2D eigenvalue weighted by Gasteiger charge is -2.38. The summed E-state index contributed by atoms with van der Waals surface area (Å²) in [7, 11) is -3.39. The number of fused-ring (bicyclic) bond motifs is 2. The Morgan fingerprint density at radius 3 is 2.30 bits per heavy atom. The number of aryl methyl sites for hydroxylation is 3. The number of piperidine rings is 1. The van der Waals surface area contributed by atoms with Crippen LogP contribution >= 0.6 is 0 Å². The standard InChI is InChI=1S/C20H27N3O3S/c1-13-4-8-18(9-5-13)26-19-10-16-6-7-17(11-19)23(16)12-27(24,25)20-14(2)21-22-15(20)3/h4-5,8-9,16-17,19H,6-7,10-12H2,1-3H3,(H,21,22)/t16-,17+,19-. The summed E-state index contributed by atoms with van der Waals surface area (Å²) in [6, 6.07) is 8.67. The highest BCUT2D eigenvalue weighted by atomic mass is 32.2. The Morgan fingerprint density at radius 2 is 1.74 bits per heavy atom. The molecular weight excluding hydrogens is 362 g/mol. The van der Waals surface area contributed by atoms with Gasteiger partial charge in [-0.05, 0) is 58.6 Å². The van der Waals surface area contributed by atoms with Crippen LogP contribution in [0.2, 0.25) is 0 Å². The molecule has 2 aliphatic heterocycles. The number of sulfone groups is 1. The van der Waals surface area contributed by atoms with Crippen LogP contribution in [-0.4, -0.2) is 47.6 Å². The zero-order valence-electron chi connectivity index (χ0n) is 16.1. The second-order valence-electron chi connectivity index (χ2n) is 7.93. The van der Waals surface area contributed by atoms with Gasteiger partial charge in [0.15, 0.2) is 9.84 Å². The zero-order valence-corrected chi connectivity index (χ0v) is 16.9. The van der Waals surface area contributed by atoms with Crippen molar-refractivity contribution in [3.05, 3.63) is 41.2 Å². The quantitative estimate of drug-likeness (QED) is 0.850. The topological polar surface area (TPSA) is 75.3 Å². The first-order valence-corrected chi connectivity index (χ1v) is 11.2. The van der Waals surface area contributed by atoms with E-state index in [9.17, 15) is 8.42 Å². The molecule has 2 saturated heterocycles. The lowest BCUT2D eigenvalue weighted by Crippen LogP contribution is -2.48. The average molecular weight is 390 g/mol. The van der Waals surface area contributed by atoms with Crippen molar-refractivity contribution in [1.82, 2.24) is 15.1 Å². The molecule has 2 bridgehead atoms. The van der Waals surface area contributed by atoms with Crippen molar-refractivity contribution in [1.29, 1.82) is 0 Å². The summed E-state index contributed by atoms with van der Waals surface area (Å²) in [5.74, 6) is 0.969. The third kappa shape index (κ3) is 3.62. The van der Waals surface area contributed by atoms with Crippen LogP contribution in [0.15, 0.2) is 29.2 Å². The summed E-state index contributed by atoms with van der Waals surface area (Å²) in [6.07, 6.45) is 3.99. The SMILES string of the molecule is Cc1ccc(O[C@@H]2C[C@H]3CC[C@@H](C2)N3CS(=O)(=O)c2c(C)n[nH]c2C)cc1. The van der Waals surface area contributed by atoms with Gasteiger partial charge in [-0.2, -0.15) is 5.10 Å². The minimum atomic E-state index is -3.39. The number of aromatic nitrogens is 2. The molecule has 0 spiro atoms. The van der Waals surface area contributed by atoms with Gasteiger partial charge < -0.3 is 4.74 Å². The van der Waals surface area contributed by atoms with Gasteiger partial charge in [0.05, 0.1) is 11.4 Å². The van der Waals surface area contributed by atoms with Crippen LogP contribution < -0.4 is 4.74 Å². The van der Waals surface area contributed by atoms with E-state index < -0.39 is 9.84 Å². The molecule has 3 heterocycles. The fourth-order valence-corrected chi connectivity index (χ4v) is 6.55. The number of hydrogen-bond donors (Lipinski definition) is 1. The Bertz CT molecular complexity index is 887. The lowest BCUT2D eigenvalue weighted by atomic mass is 10.0. The number of nitrogens with one attached hydrogen (secondary N) is 1. The third-order valence-corrected chi connectivity index (χ3v) is 7.72. The number of H-pyrrole nitrogens is 1. The van der Waals surface area contributed by atoms with E-state index in [0.717, 1.165) is 31.4 Å². The fraction of sp³-hybridized carbons (Fsp3) is 0.550. The molecule has 2 aliphatic rings. The number of aromatic amines is 1. The zero-order chi connectivity index (χ0) is 19.2. The summed E-state index contributed by atoms with van der Waals surface area (Å²) in [5.41, 5.74) is 2.39. The van der Waals surface area contributed by atoms with Crippen LogP contribution in [0, 0.1) is 20.8 Å². The molecule has 0 saturated carbocycles. The van der Waals surface area contributed by atoms with Gasteiger partial charge in [0, 0.05) is 12.1 Å². The molecule has 7 heteroatoms. The predicted octanol–water partition coefficient (Wildman–Crippen LogP) is 3.14. The maximum atomic E-state index is 13.0. The first-order valence-electron chi connectivity index (χ1n) is 9.57. The number of nitrogens with zero attached hydrogens (tertiary/aromatic N) is 2. The Balaban J connectivity index is 1.46.